The molecule has 0 aliphatic rings. The molecule has 7 heteroatoms. The quantitative estimate of drug-likeness (QED) is 0.822. The minimum atomic E-state index is -1.03. The number of methoxy groups -OCH3 is 1. The van der Waals surface area contributed by atoms with Gasteiger partial charge in [-0.2, -0.15) is 10.2 Å². The number of carbonyl (C=O) groups is 1. The summed E-state index contributed by atoms with van der Waals surface area (Å²) in [5.41, 5.74) is 1.97. The van der Waals surface area contributed by atoms with E-state index in [2.05, 4.69) is 15.3 Å². The number of hydrogen-bond donors (Lipinski definition) is 2. The van der Waals surface area contributed by atoms with Crippen molar-refractivity contribution in [3.63, 3.8) is 0 Å². The number of ether oxygens (including phenoxy) is 1. The molecule has 0 saturated heterocycles. The van der Waals surface area contributed by atoms with E-state index < -0.39 is 5.97 Å². The van der Waals surface area contributed by atoms with Crippen LogP contribution in [0.1, 0.15) is 16.1 Å². The molecule has 2 aromatic heterocycles. The van der Waals surface area contributed by atoms with Gasteiger partial charge in [0.25, 0.3) is 0 Å². The van der Waals surface area contributed by atoms with E-state index in [4.69, 9.17) is 9.84 Å². The highest BCUT2D eigenvalue weighted by Gasteiger charge is 2.19. The first-order valence-corrected chi connectivity index (χ1v) is 4.93. The minimum absolute atomic E-state index is 0.131. The summed E-state index contributed by atoms with van der Waals surface area (Å²) in [6, 6.07) is 0. The van der Waals surface area contributed by atoms with Crippen LogP contribution in [0.2, 0.25) is 0 Å². The standard InChI is InChI=1S/C10H12N4O3/c1-6-7(3-11-12-6)9-8(10(15)16)4-14(13-9)5-17-2/h3-4H,5H2,1-2H3,(H,11,12)(H,15,16). The van der Waals surface area contributed by atoms with Crippen molar-refractivity contribution >= 4 is 5.97 Å². The Bertz CT molecular complexity index is 543. The van der Waals surface area contributed by atoms with Crippen molar-refractivity contribution in [1.29, 1.82) is 0 Å². The van der Waals surface area contributed by atoms with Crippen LogP contribution in [0.15, 0.2) is 12.4 Å². The number of nitrogens with one attached hydrogen (secondary N) is 1. The van der Waals surface area contributed by atoms with Crippen LogP contribution >= 0.6 is 0 Å². The summed E-state index contributed by atoms with van der Waals surface area (Å²) >= 11 is 0. The van der Waals surface area contributed by atoms with Crippen molar-refractivity contribution in [1.82, 2.24) is 20.0 Å². The van der Waals surface area contributed by atoms with Crippen LogP contribution in [0.25, 0.3) is 11.3 Å². The SMILES string of the molecule is COCn1cc(C(=O)O)c(-c2cn[nH]c2C)n1. The lowest BCUT2D eigenvalue weighted by molar-refractivity contribution is 0.0697. The summed E-state index contributed by atoms with van der Waals surface area (Å²) in [6.45, 7) is 2.01. The molecule has 0 spiro atoms. The Morgan fingerprint density at radius 3 is 2.94 bits per heavy atom. The lowest BCUT2D eigenvalue weighted by Gasteiger charge is -1.97. The van der Waals surface area contributed by atoms with Crippen LogP contribution in [0.5, 0.6) is 0 Å². The Hall–Kier alpha value is -2.15. The second-order valence-electron chi connectivity index (χ2n) is 3.56. The van der Waals surface area contributed by atoms with Crippen molar-refractivity contribution in [3.8, 4) is 11.3 Å². The number of carboxylic acid groups (broad SMARTS) is 1. The van der Waals surface area contributed by atoms with E-state index in [0.717, 1.165) is 5.69 Å². The summed E-state index contributed by atoms with van der Waals surface area (Å²) < 4.78 is 6.34. The monoisotopic (exact) mass is 236 g/mol. The summed E-state index contributed by atoms with van der Waals surface area (Å²) in [5.74, 6) is -1.03. The molecular weight excluding hydrogens is 224 g/mol. The number of aromatic nitrogens is 4. The highest BCUT2D eigenvalue weighted by Crippen LogP contribution is 2.23. The highest BCUT2D eigenvalue weighted by molar-refractivity contribution is 5.94. The molecule has 2 N–H and O–H groups in total. The van der Waals surface area contributed by atoms with E-state index in [9.17, 15) is 4.79 Å². The molecule has 0 bridgehead atoms. The number of aromatic amines is 1. The van der Waals surface area contributed by atoms with Crippen molar-refractivity contribution in [3.05, 3.63) is 23.7 Å². The number of hydrogen-bond acceptors (Lipinski definition) is 4. The van der Waals surface area contributed by atoms with E-state index in [1.807, 2.05) is 6.92 Å². The molecule has 2 heterocycles. The van der Waals surface area contributed by atoms with Crippen molar-refractivity contribution in [2.75, 3.05) is 7.11 Å². The molecule has 0 saturated carbocycles. The van der Waals surface area contributed by atoms with Crippen LogP contribution in [-0.2, 0) is 11.5 Å². The fourth-order valence-electron chi connectivity index (χ4n) is 1.56. The van der Waals surface area contributed by atoms with E-state index in [0.29, 0.717) is 11.3 Å². The van der Waals surface area contributed by atoms with Crippen LogP contribution < -0.4 is 0 Å². The molecule has 7 nitrogen and oxygen atoms in total. The van der Waals surface area contributed by atoms with Gasteiger partial charge in [0.2, 0.25) is 0 Å². The average molecular weight is 236 g/mol. The van der Waals surface area contributed by atoms with Gasteiger partial charge >= 0.3 is 5.97 Å². The predicted octanol–water partition coefficient (Wildman–Crippen LogP) is 0.884. The zero-order valence-corrected chi connectivity index (χ0v) is 9.47. The predicted molar refractivity (Wildman–Crippen MR) is 58.5 cm³/mol. The van der Waals surface area contributed by atoms with Crippen LogP contribution in [-0.4, -0.2) is 38.2 Å². The number of rotatable bonds is 4. The van der Waals surface area contributed by atoms with E-state index in [1.54, 1.807) is 6.20 Å². The summed E-state index contributed by atoms with van der Waals surface area (Å²) in [4.78, 5) is 11.1. The maximum atomic E-state index is 11.1. The van der Waals surface area contributed by atoms with Crippen molar-refractivity contribution in [2.45, 2.75) is 13.7 Å². The Balaban J connectivity index is 2.52. The molecule has 0 fully saturated rings. The third-order valence-electron chi connectivity index (χ3n) is 2.34. The van der Waals surface area contributed by atoms with Gasteiger partial charge < -0.3 is 9.84 Å². The molecule has 0 aromatic carbocycles. The molecule has 0 amide bonds. The topological polar surface area (TPSA) is 93.0 Å². The normalized spacial score (nSPS) is 10.7. The third-order valence-corrected chi connectivity index (χ3v) is 2.34. The fourth-order valence-corrected chi connectivity index (χ4v) is 1.56. The third kappa shape index (κ3) is 2.04. The number of carboxylic acids is 1. The average Bonchev–Trinajstić information content (AvgIpc) is 2.84. The van der Waals surface area contributed by atoms with E-state index >= 15 is 0 Å². The van der Waals surface area contributed by atoms with Crippen molar-refractivity contribution < 1.29 is 14.6 Å². The smallest absolute Gasteiger partial charge is 0.339 e. The zero-order chi connectivity index (χ0) is 12.4. The fraction of sp³-hybridized carbons (Fsp3) is 0.300. The number of aromatic carboxylic acids is 1. The van der Waals surface area contributed by atoms with Gasteiger partial charge in [-0.15, -0.1) is 0 Å². The molecule has 0 aliphatic carbocycles. The molecule has 0 atom stereocenters. The number of aryl methyl sites for hydroxylation is 1. The Morgan fingerprint density at radius 2 is 2.41 bits per heavy atom. The summed E-state index contributed by atoms with van der Waals surface area (Å²) in [7, 11) is 1.52. The Morgan fingerprint density at radius 1 is 1.65 bits per heavy atom. The zero-order valence-electron chi connectivity index (χ0n) is 9.47. The van der Waals surface area contributed by atoms with Gasteiger partial charge in [-0.1, -0.05) is 0 Å². The van der Waals surface area contributed by atoms with Crippen LogP contribution in [0.3, 0.4) is 0 Å². The molecule has 0 radical (unpaired) electrons. The van der Waals surface area contributed by atoms with Gasteiger partial charge in [-0.25, -0.2) is 9.48 Å². The molecule has 0 unspecified atom stereocenters. The maximum Gasteiger partial charge on any atom is 0.339 e. The molecule has 2 rings (SSSR count). The first-order chi connectivity index (χ1) is 8.13. The summed E-state index contributed by atoms with van der Waals surface area (Å²) in [5, 5.41) is 19.9. The second kappa shape index (κ2) is 4.38. The van der Waals surface area contributed by atoms with E-state index in [-0.39, 0.29) is 12.3 Å². The van der Waals surface area contributed by atoms with Gasteiger partial charge in [0.05, 0.1) is 6.20 Å². The van der Waals surface area contributed by atoms with Gasteiger partial charge in [0.15, 0.2) is 0 Å². The Kier molecular flexibility index (Phi) is 2.92. The highest BCUT2D eigenvalue weighted by atomic mass is 16.5. The van der Waals surface area contributed by atoms with Crippen molar-refractivity contribution in [2.24, 2.45) is 0 Å². The molecular formula is C10H12N4O3. The first-order valence-electron chi connectivity index (χ1n) is 4.93. The lowest BCUT2D eigenvalue weighted by atomic mass is 10.1. The van der Waals surface area contributed by atoms with Gasteiger partial charge in [-0.05, 0) is 6.92 Å². The molecule has 2 aromatic rings. The van der Waals surface area contributed by atoms with Crippen LogP contribution in [0, 0.1) is 6.92 Å². The van der Waals surface area contributed by atoms with Gasteiger partial charge in [0, 0.05) is 24.6 Å². The summed E-state index contributed by atoms with van der Waals surface area (Å²) in [6.07, 6.45) is 2.99. The minimum Gasteiger partial charge on any atom is -0.478 e. The largest absolute Gasteiger partial charge is 0.478 e. The molecule has 0 aliphatic heterocycles. The second-order valence-corrected chi connectivity index (χ2v) is 3.56. The number of H-pyrrole nitrogens is 1. The lowest BCUT2D eigenvalue weighted by Crippen LogP contribution is -2.00. The first kappa shape index (κ1) is 11.3. The van der Waals surface area contributed by atoms with Crippen LogP contribution in [0.4, 0.5) is 0 Å². The van der Waals surface area contributed by atoms with Gasteiger partial charge in [-0.3, -0.25) is 5.10 Å². The van der Waals surface area contributed by atoms with E-state index in [1.165, 1.54) is 18.0 Å². The maximum absolute atomic E-state index is 11.1. The van der Waals surface area contributed by atoms with Gasteiger partial charge in [0.1, 0.15) is 18.0 Å². The molecule has 90 valence electrons. The molecule has 17 heavy (non-hydrogen) atoms. The number of nitrogens with zero attached hydrogens (tertiary/aromatic N) is 3. The Labute approximate surface area is 97.0 Å².